The number of hydrogen-bond acceptors (Lipinski definition) is 5. The first-order chi connectivity index (χ1) is 10.3. The fourth-order valence-electron chi connectivity index (χ4n) is 1.85. The van der Waals surface area contributed by atoms with Crippen molar-refractivity contribution in [2.24, 2.45) is 0 Å². The predicted octanol–water partition coefficient (Wildman–Crippen LogP) is 1.17. The number of carbonyl (C=O) groups is 1. The van der Waals surface area contributed by atoms with Gasteiger partial charge in [-0.2, -0.15) is 0 Å². The summed E-state index contributed by atoms with van der Waals surface area (Å²) in [6.45, 7) is 0. The number of nitrogens with one attached hydrogen (secondary N) is 1. The first kappa shape index (κ1) is 16.0. The molecule has 7 nitrogen and oxygen atoms in total. The lowest BCUT2D eigenvalue weighted by atomic mass is 10.2. The Morgan fingerprint density at radius 3 is 2.36 bits per heavy atom. The molecule has 22 heavy (non-hydrogen) atoms. The second-order valence-electron chi connectivity index (χ2n) is 4.41. The molecule has 0 amide bonds. The van der Waals surface area contributed by atoms with E-state index in [0.29, 0.717) is 0 Å². The maximum Gasteiger partial charge on any atom is 0.337 e. The maximum atomic E-state index is 12.3. The minimum atomic E-state index is -4.13. The van der Waals surface area contributed by atoms with Crippen molar-refractivity contribution in [3.8, 4) is 0 Å². The molecule has 4 N–H and O–H groups in total. The molecular formula is C14H13NO6S. The van der Waals surface area contributed by atoms with E-state index in [1.54, 1.807) is 0 Å². The summed E-state index contributed by atoms with van der Waals surface area (Å²) in [4.78, 5) is 10.7. The summed E-state index contributed by atoms with van der Waals surface area (Å²) in [5.41, 5.74) is -0.161. The van der Waals surface area contributed by atoms with Gasteiger partial charge in [-0.25, -0.2) is 13.2 Å². The van der Waals surface area contributed by atoms with Crippen LogP contribution in [0.1, 0.15) is 22.2 Å². The summed E-state index contributed by atoms with van der Waals surface area (Å²) in [5, 5.41) is 27.2. The van der Waals surface area contributed by atoms with Crippen LogP contribution in [-0.2, 0) is 10.0 Å². The molecule has 0 unspecified atom stereocenters. The summed E-state index contributed by atoms with van der Waals surface area (Å²) in [6.07, 6.45) is -1.74. The number of hydrogen-bond donors (Lipinski definition) is 4. The average molecular weight is 323 g/mol. The Labute approximate surface area is 126 Å². The van der Waals surface area contributed by atoms with Crippen molar-refractivity contribution in [1.29, 1.82) is 0 Å². The van der Waals surface area contributed by atoms with E-state index in [1.807, 2.05) is 0 Å². The minimum absolute atomic E-state index is 0.0887. The molecule has 2 aromatic rings. The quantitative estimate of drug-likeness (QED) is 0.612. The molecular weight excluding hydrogens is 310 g/mol. The van der Waals surface area contributed by atoms with Gasteiger partial charge in [0.25, 0.3) is 10.0 Å². The highest BCUT2D eigenvalue weighted by Crippen LogP contribution is 2.21. The number of carboxylic acid groups (broad SMARTS) is 1. The van der Waals surface area contributed by atoms with Crippen LogP contribution in [0.25, 0.3) is 0 Å². The number of anilines is 1. The molecule has 0 radical (unpaired) electrons. The van der Waals surface area contributed by atoms with Crippen LogP contribution in [0.4, 0.5) is 5.69 Å². The lowest BCUT2D eigenvalue weighted by Gasteiger charge is -2.12. The van der Waals surface area contributed by atoms with Gasteiger partial charge in [0.2, 0.25) is 0 Å². The van der Waals surface area contributed by atoms with E-state index < -0.39 is 22.3 Å². The van der Waals surface area contributed by atoms with Crippen LogP contribution in [-0.4, -0.2) is 29.7 Å². The average Bonchev–Trinajstić information content (AvgIpc) is 2.47. The third kappa shape index (κ3) is 3.42. The van der Waals surface area contributed by atoms with E-state index in [1.165, 1.54) is 48.5 Å². The Morgan fingerprint density at radius 1 is 1.05 bits per heavy atom. The molecule has 0 saturated heterocycles. The lowest BCUT2D eigenvalue weighted by Crippen LogP contribution is -2.17. The number of rotatable bonds is 5. The third-order valence-electron chi connectivity index (χ3n) is 2.84. The molecule has 0 saturated carbocycles. The zero-order chi connectivity index (χ0) is 16.3. The molecule has 0 spiro atoms. The number of aromatic carboxylic acids is 1. The molecule has 2 aromatic carbocycles. The van der Waals surface area contributed by atoms with E-state index in [9.17, 15) is 13.2 Å². The highest BCUT2D eigenvalue weighted by atomic mass is 32.2. The van der Waals surface area contributed by atoms with E-state index in [2.05, 4.69) is 4.72 Å². The number of aliphatic hydroxyl groups is 2. The number of benzene rings is 2. The Balaban J connectivity index is 2.41. The van der Waals surface area contributed by atoms with Crippen molar-refractivity contribution in [2.45, 2.75) is 11.2 Å². The second kappa shape index (κ2) is 6.14. The highest BCUT2D eigenvalue weighted by molar-refractivity contribution is 7.92. The van der Waals surface area contributed by atoms with Crippen LogP contribution in [0.2, 0.25) is 0 Å². The highest BCUT2D eigenvalue weighted by Gasteiger charge is 2.22. The van der Waals surface area contributed by atoms with Gasteiger partial charge in [0, 0.05) is 11.3 Å². The minimum Gasteiger partial charge on any atom is -0.478 e. The number of sulfonamides is 1. The Hall–Kier alpha value is -2.42. The van der Waals surface area contributed by atoms with Gasteiger partial charge in [0.1, 0.15) is 4.90 Å². The smallest absolute Gasteiger partial charge is 0.337 e. The molecule has 0 heterocycles. The molecule has 0 aromatic heterocycles. The lowest BCUT2D eigenvalue weighted by molar-refractivity contribution is -0.0424. The van der Waals surface area contributed by atoms with Gasteiger partial charge in [-0.05, 0) is 24.3 Å². The maximum absolute atomic E-state index is 12.3. The van der Waals surface area contributed by atoms with E-state index in [0.717, 1.165) is 0 Å². The zero-order valence-electron chi connectivity index (χ0n) is 11.2. The summed E-state index contributed by atoms with van der Waals surface area (Å²) < 4.78 is 26.8. The van der Waals surface area contributed by atoms with Crippen molar-refractivity contribution in [3.63, 3.8) is 0 Å². The molecule has 0 fully saturated rings. The van der Waals surface area contributed by atoms with Crippen molar-refractivity contribution in [3.05, 3.63) is 59.7 Å². The Bertz CT molecular complexity index is 800. The molecule has 0 bridgehead atoms. The van der Waals surface area contributed by atoms with Gasteiger partial charge in [0.05, 0.1) is 5.56 Å². The molecule has 2 rings (SSSR count). The normalized spacial score (nSPS) is 11.4. The van der Waals surface area contributed by atoms with Crippen LogP contribution in [0, 0.1) is 0 Å². The standard InChI is InChI=1S/C14H13NO6S/c16-13(17)9-4-3-5-10(8-9)15-22(20,21)12-7-2-1-6-11(12)14(18)19/h1-8,13,15-17H,(H,18,19). The molecule has 116 valence electrons. The fourth-order valence-corrected chi connectivity index (χ4v) is 3.10. The molecule has 8 heteroatoms. The number of aliphatic hydroxyl groups excluding tert-OH is 1. The van der Waals surface area contributed by atoms with Gasteiger partial charge >= 0.3 is 5.97 Å². The Kier molecular flexibility index (Phi) is 4.45. The molecule has 0 atom stereocenters. The summed E-state index contributed by atoms with van der Waals surface area (Å²) in [5.74, 6) is -1.36. The van der Waals surface area contributed by atoms with Gasteiger partial charge in [-0.1, -0.05) is 24.3 Å². The summed E-state index contributed by atoms with van der Waals surface area (Å²) >= 11 is 0. The molecule has 0 aliphatic heterocycles. The topological polar surface area (TPSA) is 124 Å². The number of carboxylic acids is 1. The second-order valence-corrected chi connectivity index (χ2v) is 6.06. The summed E-state index contributed by atoms with van der Waals surface area (Å²) in [7, 11) is -4.13. The monoisotopic (exact) mass is 323 g/mol. The first-order valence-electron chi connectivity index (χ1n) is 6.12. The summed E-state index contributed by atoms with van der Waals surface area (Å²) in [6, 6.07) is 10.7. The van der Waals surface area contributed by atoms with Gasteiger partial charge in [-0.3, -0.25) is 4.72 Å². The van der Waals surface area contributed by atoms with Crippen LogP contribution in [0.3, 0.4) is 0 Å². The molecule has 0 aliphatic rings. The van der Waals surface area contributed by atoms with Crippen molar-refractivity contribution in [1.82, 2.24) is 0 Å². The SMILES string of the molecule is O=C(O)c1ccccc1S(=O)(=O)Nc1cccc(C(O)O)c1. The van der Waals surface area contributed by atoms with Crippen LogP contribution in [0.5, 0.6) is 0 Å². The van der Waals surface area contributed by atoms with Crippen LogP contribution >= 0.6 is 0 Å². The zero-order valence-corrected chi connectivity index (χ0v) is 12.0. The Morgan fingerprint density at radius 2 is 1.73 bits per heavy atom. The van der Waals surface area contributed by atoms with Gasteiger partial charge in [0.15, 0.2) is 6.29 Å². The van der Waals surface area contributed by atoms with Gasteiger partial charge in [-0.15, -0.1) is 0 Å². The van der Waals surface area contributed by atoms with Crippen molar-refractivity contribution in [2.75, 3.05) is 4.72 Å². The van der Waals surface area contributed by atoms with E-state index >= 15 is 0 Å². The fraction of sp³-hybridized carbons (Fsp3) is 0.0714. The first-order valence-corrected chi connectivity index (χ1v) is 7.61. The van der Waals surface area contributed by atoms with Crippen LogP contribution in [0.15, 0.2) is 53.4 Å². The van der Waals surface area contributed by atoms with Crippen molar-refractivity contribution < 1.29 is 28.5 Å². The third-order valence-corrected chi connectivity index (χ3v) is 4.28. The van der Waals surface area contributed by atoms with Crippen LogP contribution < -0.4 is 4.72 Å². The largest absolute Gasteiger partial charge is 0.478 e. The predicted molar refractivity (Wildman–Crippen MR) is 77.8 cm³/mol. The van der Waals surface area contributed by atoms with Crippen molar-refractivity contribution >= 4 is 21.7 Å². The van der Waals surface area contributed by atoms with E-state index in [-0.39, 0.29) is 21.7 Å². The molecule has 0 aliphatic carbocycles. The van der Waals surface area contributed by atoms with E-state index in [4.69, 9.17) is 15.3 Å². The van der Waals surface area contributed by atoms with Gasteiger partial charge < -0.3 is 15.3 Å².